The van der Waals surface area contributed by atoms with Crippen LogP contribution in [-0.4, -0.2) is 27.4 Å². The van der Waals surface area contributed by atoms with Crippen molar-refractivity contribution in [3.8, 4) is 0 Å². The van der Waals surface area contributed by atoms with Gasteiger partial charge in [0, 0.05) is 6.42 Å². The number of fused-ring (bicyclic) bond motifs is 5. The molecule has 4 nitrogen and oxygen atoms in total. The largest absolute Gasteiger partial charge is 0.411 e. The number of allylic oxidation sites excluding steroid dienone is 1. The summed E-state index contributed by atoms with van der Waals surface area (Å²) in [5.74, 6) is 1.58. The van der Waals surface area contributed by atoms with Crippen molar-refractivity contribution in [2.75, 3.05) is 0 Å². The first kappa shape index (κ1) is 16.3. The van der Waals surface area contributed by atoms with Gasteiger partial charge < -0.3 is 10.3 Å². The van der Waals surface area contributed by atoms with Crippen molar-refractivity contribution < 1.29 is 15.1 Å². The Morgan fingerprint density at radius 3 is 2.54 bits per heavy atom. The van der Waals surface area contributed by atoms with E-state index in [9.17, 15) is 15.1 Å². The Morgan fingerprint density at radius 1 is 1.12 bits per heavy atom. The molecule has 0 saturated heterocycles. The highest BCUT2D eigenvalue weighted by atomic mass is 16.4. The van der Waals surface area contributed by atoms with Gasteiger partial charge in [0.05, 0.1) is 5.60 Å². The first-order chi connectivity index (χ1) is 11.2. The molecule has 0 amide bonds. The Morgan fingerprint density at radius 2 is 1.83 bits per heavy atom. The fraction of sp³-hybridized carbons (Fsp3) is 0.800. The van der Waals surface area contributed by atoms with Crippen LogP contribution >= 0.6 is 0 Å². The molecule has 0 bridgehead atoms. The summed E-state index contributed by atoms with van der Waals surface area (Å²) < 4.78 is 0. The van der Waals surface area contributed by atoms with Crippen molar-refractivity contribution in [1.82, 2.24) is 0 Å². The third-order valence-corrected chi connectivity index (χ3v) is 8.54. The van der Waals surface area contributed by atoms with Crippen LogP contribution in [0.4, 0.5) is 0 Å². The molecular weight excluding hydrogens is 302 g/mol. The maximum atomic E-state index is 12.1. The van der Waals surface area contributed by atoms with Crippen LogP contribution in [0.15, 0.2) is 16.8 Å². The maximum Gasteiger partial charge on any atom is 0.203 e. The number of hydrogen-bond acceptors (Lipinski definition) is 4. The van der Waals surface area contributed by atoms with Gasteiger partial charge in [-0.3, -0.25) is 4.79 Å². The summed E-state index contributed by atoms with van der Waals surface area (Å²) in [7, 11) is 0. The van der Waals surface area contributed by atoms with Crippen LogP contribution in [0, 0.1) is 28.6 Å². The number of carbonyl (C=O) groups is 1. The average Bonchev–Trinajstić information content (AvgIpc) is 2.77. The first-order valence-electron chi connectivity index (χ1n) is 9.42. The fourth-order valence-electron chi connectivity index (χ4n) is 6.81. The van der Waals surface area contributed by atoms with Gasteiger partial charge in [-0.15, -0.1) is 0 Å². The SMILES string of the molecule is CC1(O)CC[C@H]2[C@@H]3CCC4=CC(=O)C(=NO)C[C@]4(C)[C@@H]3CC[C@@]21C. The molecule has 0 aromatic heterocycles. The van der Waals surface area contributed by atoms with E-state index in [1.165, 1.54) is 5.57 Å². The lowest BCUT2D eigenvalue weighted by Gasteiger charge is -2.58. The summed E-state index contributed by atoms with van der Waals surface area (Å²) in [6.45, 7) is 6.58. The second-order valence-corrected chi connectivity index (χ2v) is 9.36. The zero-order valence-electron chi connectivity index (χ0n) is 15.0. The molecule has 24 heavy (non-hydrogen) atoms. The van der Waals surface area contributed by atoms with Gasteiger partial charge in [-0.25, -0.2) is 0 Å². The smallest absolute Gasteiger partial charge is 0.203 e. The third kappa shape index (κ3) is 1.89. The molecule has 4 heteroatoms. The standard InChI is InChI=1S/C20H29NO3/c1-18-11-16(21-24)17(22)10-12(18)4-5-13-14(18)6-8-19(2)15(13)7-9-20(19,3)23/h10,13-15,23-24H,4-9,11H2,1-3H3/t13-,14-,15+,18+,19+,20?/m1/s1. The molecule has 4 rings (SSSR count). The molecule has 0 aromatic rings. The van der Waals surface area contributed by atoms with E-state index in [-0.39, 0.29) is 16.6 Å². The van der Waals surface area contributed by atoms with Gasteiger partial charge >= 0.3 is 0 Å². The van der Waals surface area contributed by atoms with Crippen LogP contribution in [0.2, 0.25) is 0 Å². The van der Waals surface area contributed by atoms with Gasteiger partial charge in [-0.1, -0.05) is 24.6 Å². The van der Waals surface area contributed by atoms with Crippen molar-refractivity contribution in [1.29, 1.82) is 0 Å². The number of carbonyl (C=O) groups excluding carboxylic acids is 1. The summed E-state index contributed by atoms with van der Waals surface area (Å²) >= 11 is 0. The summed E-state index contributed by atoms with van der Waals surface area (Å²) in [5, 5.41) is 23.5. The molecule has 4 aliphatic carbocycles. The van der Waals surface area contributed by atoms with E-state index >= 15 is 0 Å². The van der Waals surface area contributed by atoms with Crippen molar-refractivity contribution in [3.63, 3.8) is 0 Å². The molecule has 3 fully saturated rings. The lowest BCUT2D eigenvalue weighted by molar-refractivity contribution is -0.118. The quantitative estimate of drug-likeness (QED) is 0.525. The topological polar surface area (TPSA) is 69.9 Å². The molecule has 0 radical (unpaired) electrons. The third-order valence-electron chi connectivity index (χ3n) is 8.54. The van der Waals surface area contributed by atoms with E-state index in [4.69, 9.17) is 0 Å². The molecule has 6 atom stereocenters. The zero-order valence-corrected chi connectivity index (χ0v) is 15.0. The number of nitrogens with zero attached hydrogens (tertiary/aromatic N) is 1. The highest BCUT2D eigenvalue weighted by Crippen LogP contribution is 2.67. The number of rotatable bonds is 0. The van der Waals surface area contributed by atoms with Gasteiger partial charge in [0.15, 0.2) is 0 Å². The number of hydrogen-bond donors (Lipinski definition) is 2. The van der Waals surface area contributed by atoms with Crippen LogP contribution in [0.3, 0.4) is 0 Å². The van der Waals surface area contributed by atoms with Gasteiger partial charge in [0.25, 0.3) is 0 Å². The highest BCUT2D eigenvalue weighted by Gasteiger charge is 2.62. The van der Waals surface area contributed by atoms with Gasteiger partial charge in [-0.2, -0.15) is 0 Å². The minimum atomic E-state index is -0.556. The monoisotopic (exact) mass is 331 g/mol. The maximum absolute atomic E-state index is 12.1. The van der Waals surface area contributed by atoms with Crippen molar-refractivity contribution in [2.45, 2.75) is 71.3 Å². The molecule has 0 spiro atoms. The minimum Gasteiger partial charge on any atom is -0.411 e. The molecule has 0 heterocycles. The number of aliphatic hydroxyl groups is 1. The van der Waals surface area contributed by atoms with Crippen LogP contribution in [0.5, 0.6) is 0 Å². The summed E-state index contributed by atoms with van der Waals surface area (Å²) in [6.07, 6.45) is 8.56. The minimum absolute atomic E-state index is 0.0180. The van der Waals surface area contributed by atoms with Crippen molar-refractivity contribution in [2.24, 2.45) is 33.7 Å². The normalized spacial score (nSPS) is 52.5. The van der Waals surface area contributed by atoms with Crippen molar-refractivity contribution >= 4 is 11.5 Å². The van der Waals surface area contributed by atoms with E-state index in [2.05, 4.69) is 19.0 Å². The van der Waals surface area contributed by atoms with Crippen LogP contribution in [-0.2, 0) is 4.79 Å². The van der Waals surface area contributed by atoms with E-state index in [1.54, 1.807) is 6.08 Å². The Bertz CT molecular complexity index is 649. The number of oxime groups is 1. The molecular formula is C20H29NO3. The average molecular weight is 331 g/mol. The second kappa shape index (κ2) is 4.94. The van der Waals surface area contributed by atoms with E-state index in [0.717, 1.165) is 38.5 Å². The second-order valence-electron chi connectivity index (χ2n) is 9.36. The van der Waals surface area contributed by atoms with Gasteiger partial charge in [0.1, 0.15) is 5.71 Å². The Kier molecular flexibility index (Phi) is 3.36. The van der Waals surface area contributed by atoms with Crippen LogP contribution in [0.1, 0.15) is 65.7 Å². The van der Waals surface area contributed by atoms with Crippen molar-refractivity contribution in [3.05, 3.63) is 11.6 Å². The lowest BCUT2D eigenvalue weighted by atomic mass is 9.46. The lowest BCUT2D eigenvalue weighted by Crippen LogP contribution is -2.54. The Labute approximate surface area is 144 Å². The molecule has 0 aliphatic heterocycles. The Hall–Kier alpha value is -1.16. The van der Waals surface area contributed by atoms with E-state index in [0.29, 0.717) is 29.9 Å². The van der Waals surface area contributed by atoms with E-state index < -0.39 is 5.60 Å². The molecule has 3 saturated carbocycles. The zero-order chi connectivity index (χ0) is 17.3. The molecule has 4 aliphatic rings. The Balaban J connectivity index is 1.72. The van der Waals surface area contributed by atoms with Gasteiger partial charge in [-0.05, 0) is 80.1 Å². The first-order valence-corrected chi connectivity index (χ1v) is 9.42. The number of ketones is 1. The summed E-state index contributed by atoms with van der Waals surface area (Å²) in [4.78, 5) is 12.1. The summed E-state index contributed by atoms with van der Waals surface area (Å²) in [5.41, 5.74) is 0.973. The predicted molar refractivity (Wildman–Crippen MR) is 91.9 cm³/mol. The van der Waals surface area contributed by atoms with Crippen LogP contribution < -0.4 is 0 Å². The van der Waals surface area contributed by atoms with Gasteiger partial charge in [0.2, 0.25) is 5.78 Å². The molecule has 2 N–H and O–H groups in total. The van der Waals surface area contributed by atoms with E-state index in [1.807, 2.05) is 6.92 Å². The highest BCUT2D eigenvalue weighted by molar-refractivity contribution is 6.44. The fourth-order valence-corrected chi connectivity index (χ4v) is 6.81. The molecule has 132 valence electrons. The predicted octanol–water partition coefficient (Wildman–Crippen LogP) is 3.71. The summed E-state index contributed by atoms with van der Waals surface area (Å²) in [6, 6.07) is 0. The molecule has 1 unspecified atom stereocenters. The molecule has 0 aromatic carbocycles. The van der Waals surface area contributed by atoms with Crippen LogP contribution in [0.25, 0.3) is 0 Å².